The number of piperidine rings is 1. The monoisotopic (exact) mass is 318 g/mol. The molecule has 1 fully saturated rings. The minimum Gasteiger partial charge on any atom is -0.353 e. The van der Waals surface area contributed by atoms with Crippen LogP contribution in [0.2, 0.25) is 0 Å². The minimum absolute atomic E-state index is 0.707. The quantitative estimate of drug-likeness (QED) is 0.495. The third-order valence-electron chi connectivity index (χ3n) is 4.19. The molecule has 1 aromatic rings. The van der Waals surface area contributed by atoms with Crippen LogP contribution in [0.25, 0.3) is 0 Å². The number of guanidine groups is 1. The molecule has 1 saturated heterocycles. The molecule has 2 atom stereocenters. The highest BCUT2D eigenvalue weighted by molar-refractivity contribution is 5.80. The van der Waals surface area contributed by atoms with E-state index in [1.54, 1.807) is 6.33 Å². The molecule has 2 heterocycles. The van der Waals surface area contributed by atoms with Crippen molar-refractivity contribution < 1.29 is 0 Å². The van der Waals surface area contributed by atoms with E-state index in [4.69, 9.17) is 4.99 Å². The van der Waals surface area contributed by atoms with Gasteiger partial charge in [0.15, 0.2) is 5.96 Å². The summed E-state index contributed by atoms with van der Waals surface area (Å²) in [5.41, 5.74) is 0. The van der Waals surface area contributed by atoms with Gasteiger partial charge in [0.1, 0.15) is 12.2 Å². The summed E-state index contributed by atoms with van der Waals surface area (Å²) in [6.45, 7) is 14.9. The number of likely N-dealkylation sites (tertiary alicyclic amines) is 1. The van der Waals surface area contributed by atoms with Crippen LogP contribution in [0.5, 0.6) is 0 Å². The van der Waals surface area contributed by atoms with Gasteiger partial charge < -0.3 is 14.8 Å². The Morgan fingerprint density at radius 2 is 2.17 bits per heavy atom. The first-order chi connectivity index (χ1) is 11.1. The van der Waals surface area contributed by atoms with Crippen molar-refractivity contribution in [2.45, 2.75) is 40.2 Å². The van der Waals surface area contributed by atoms with Crippen molar-refractivity contribution in [3.8, 4) is 0 Å². The molecule has 0 aromatic carbocycles. The van der Waals surface area contributed by atoms with Crippen LogP contribution in [-0.2, 0) is 13.0 Å². The van der Waals surface area contributed by atoms with E-state index in [-0.39, 0.29) is 0 Å². The lowest BCUT2D eigenvalue weighted by Gasteiger charge is -2.37. The first kappa shape index (κ1) is 17.5. The summed E-state index contributed by atoms with van der Waals surface area (Å²) in [7, 11) is 0. The molecule has 2 rings (SSSR count). The van der Waals surface area contributed by atoms with E-state index in [0.717, 1.165) is 50.9 Å². The zero-order valence-electron chi connectivity index (χ0n) is 14.7. The van der Waals surface area contributed by atoms with Crippen molar-refractivity contribution in [2.24, 2.45) is 16.8 Å². The molecule has 2 unspecified atom stereocenters. The van der Waals surface area contributed by atoms with E-state index in [1.165, 1.54) is 6.42 Å². The summed E-state index contributed by atoms with van der Waals surface area (Å²) in [6.07, 6.45) is 5.86. The van der Waals surface area contributed by atoms with Gasteiger partial charge in [0.25, 0.3) is 0 Å². The predicted molar refractivity (Wildman–Crippen MR) is 94.4 cm³/mol. The normalized spacial score (nSPS) is 22.2. The SMILES string of the molecule is C=CCNC(=NCCn1cnnc1CC)N1CC(C)CC(C)C1. The molecule has 1 aliphatic heterocycles. The summed E-state index contributed by atoms with van der Waals surface area (Å²) in [5.74, 6) is 3.42. The number of nitrogens with zero attached hydrogens (tertiary/aromatic N) is 5. The van der Waals surface area contributed by atoms with Gasteiger partial charge in [0.2, 0.25) is 0 Å². The van der Waals surface area contributed by atoms with Crippen molar-refractivity contribution in [3.63, 3.8) is 0 Å². The van der Waals surface area contributed by atoms with E-state index in [0.29, 0.717) is 11.8 Å². The first-order valence-corrected chi connectivity index (χ1v) is 8.64. The first-order valence-electron chi connectivity index (χ1n) is 8.64. The lowest BCUT2D eigenvalue weighted by molar-refractivity contribution is 0.208. The van der Waals surface area contributed by atoms with E-state index < -0.39 is 0 Å². The molecule has 6 nitrogen and oxygen atoms in total. The maximum Gasteiger partial charge on any atom is 0.194 e. The van der Waals surface area contributed by atoms with Gasteiger partial charge in [-0.15, -0.1) is 16.8 Å². The topological polar surface area (TPSA) is 58.3 Å². The van der Waals surface area contributed by atoms with Gasteiger partial charge in [0.05, 0.1) is 6.54 Å². The van der Waals surface area contributed by atoms with Gasteiger partial charge in [-0.3, -0.25) is 4.99 Å². The lowest BCUT2D eigenvalue weighted by atomic mass is 9.92. The fourth-order valence-corrected chi connectivity index (χ4v) is 3.27. The van der Waals surface area contributed by atoms with E-state index >= 15 is 0 Å². The Morgan fingerprint density at radius 1 is 1.43 bits per heavy atom. The number of nitrogens with one attached hydrogen (secondary N) is 1. The van der Waals surface area contributed by atoms with Crippen molar-refractivity contribution >= 4 is 5.96 Å². The molecule has 1 N–H and O–H groups in total. The maximum atomic E-state index is 4.81. The Labute approximate surface area is 139 Å². The van der Waals surface area contributed by atoms with Crippen molar-refractivity contribution in [1.29, 1.82) is 0 Å². The van der Waals surface area contributed by atoms with Gasteiger partial charge in [-0.05, 0) is 18.3 Å². The molecule has 0 aliphatic carbocycles. The molecular weight excluding hydrogens is 288 g/mol. The number of hydrogen-bond acceptors (Lipinski definition) is 3. The molecule has 0 amide bonds. The smallest absolute Gasteiger partial charge is 0.194 e. The zero-order chi connectivity index (χ0) is 16.7. The van der Waals surface area contributed by atoms with Crippen LogP contribution in [-0.4, -0.2) is 51.8 Å². The Hall–Kier alpha value is -1.85. The predicted octanol–water partition coefficient (Wildman–Crippen LogP) is 1.95. The third kappa shape index (κ3) is 5.08. The molecule has 1 aromatic heterocycles. The number of hydrogen-bond donors (Lipinski definition) is 1. The molecule has 0 spiro atoms. The van der Waals surface area contributed by atoms with Crippen LogP contribution in [0.3, 0.4) is 0 Å². The van der Waals surface area contributed by atoms with Gasteiger partial charge in [-0.25, -0.2) is 0 Å². The second kappa shape index (κ2) is 8.70. The fraction of sp³-hybridized carbons (Fsp3) is 0.706. The lowest BCUT2D eigenvalue weighted by Crippen LogP contribution is -2.48. The van der Waals surface area contributed by atoms with Crippen molar-refractivity contribution in [2.75, 3.05) is 26.2 Å². The summed E-state index contributed by atoms with van der Waals surface area (Å²) in [5, 5.41) is 11.5. The summed E-state index contributed by atoms with van der Waals surface area (Å²) in [6, 6.07) is 0. The van der Waals surface area contributed by atoms with E-state index in [1.807, 2.05) is 6.08 Å². The molecule has 128 valence electrons. The van der Waals surface area contributed by atoms with Gasteiger partial charge in [-0.2, -0.15) is 0 Å². The van der Waals surface area contributed by atoms with Crippen LogP contribution >= 0.6 is 0 Å². The number of aryl methyl sites for hydroxylation is 1. The molecule has 0 saturated carbocycles. The molecule has 23 heavy (non-hydrogen) atoms. The average molecular weight is 318 g/mol. The summed E-state index contributed by atoms with van der Waals surface area (Å²) < 4.78 is 2.08. The Kier molecular flexibility index (Phi) is 6.62. The largest absolute Gasteiger partial charge is 0.353 e. The highest BCUT2D eigenvalue weighted by atomic mass is 15.3. The summed E-state index contributed by atoms with van der Waals surface area (Å²) >= 11 is 0. The molecular formula is C17H30N6. The van der Waals surface area contributed by atoms with Crippen LogP contribution in [0, 0.1) is 11.8 Å². The average Bonchev–Trinajstić information content (AvgIpc) is 2.97. The van der Waals surface area contributed by atoms with E-state index in [2.05, 4.69) is 52.3 Å². The van der Waals surface area contributed by atoms with E-state index in [9.17, 15) is 0 Å². The zero-order valence-corrected chi connectivity index (χ0v) is 14.7. The van der Waals surface area contributed by atoms with Crippen LogP contribution < -0.4 is 5.32 Å². The molecule has 0 bridgehead atoms. The summed E-state index contributed by atoms with van der Waals surface area (Å²) in [4.78, 5) is 7.20. The Bertz CT molecular complexity index is 511. The van der Waals surface area contributed by atoms with Crippen molar-refractivity contribution in [1.82, 2.24) is 25.0 Å². The van der Waals surface area contributed by atoms with Crippen LogP contribution in [0.15, 0.2) is 24.0 Å². The van der Waals surface area contributed by atoms with Crippen molar-refractivity contribution in [3.05, 3.63) is 24.8 Å². The van der Waals surface area contributed by atoms with Crippen LogP contribution in [0.1, 0.15) is 33.0 Å². The number of aliphatic imine (C=N–C) groups is 1. The van der Waals surface area contributed by atoms with Gasteiger partial charge in [0, 0.05) is 32.6 Å². The third-order valence-corrected chi connectivity index (χ3v) is 4.19. The second-order valence-electron chi connectivity index (χ2n) is 6.52. The second-order valence-corrected chi connectivity index (χ2v) is 6.52. The highest BCUT2D eigenvalue weighted by Gasteiger charge is 2.23. The molecule has 1 aliphatic rings. The number of aromatic nitrogens is 3. The minimum atomic E-state index is 0.707. The number of rotatable bonds is 6. The molecule has 6 heteroatoms. The Balaban J connectivity index is 2.00. The fourth-order valence-electron chi connectivity index (χ4n) is 3.27. The van der Waals surface area contributed by atoms with Crippen LogP contribution in [0.4, 0.5) is 0 Å². The van der Waals surface area contributed by atoms with Gasteiger partial charge in [-0.1, -0.05) is 26.8 Å². The molecule has 0 radical (unpaired) electrons. The standard InChI is InChI=1S/C17H30N6/c1-5-7-18-17(23-11-14(3)10-15(4)12-23)19-8-9-22-13-20-21-16(22)6-2/h5,13-15H,1,6-12H2,2-4H3,(H,18,19). The highest BCUT2D eigenvalue weighted by Crippen LogP contribution is 2.20. The Morgan fingerprint density at radius 3 is 2.83 bits per heavy atom. The van der Waals surface area contributed by atoms with Gasteiger partial charge >= 0.3 is 0 Å². The maximum absolute atomic E-state index is 4.81.